The Kier molecular flexibility index (Phi) is 2.27. The number of aliphatic hydroxyl groups is 1. The standard InChI is InChI=1S/C9H7FOS2/c10-6-2-1-5(3-11)9-8(6)7(12)4-13-9/h1-2,4,11-12H,3H2. The van der Waals surface area contributed by atoms with Gasteiger partial charge in [-0.3, -0.25) is 0 Å². The Morgan fingerprint density at radius 2 is 2.23 bits per heavy atom. The van der Waals surface area contributed by atoms with Gasteiger partial charge in [0.05, 0.1) is 6.61 Å². The Morgan fingerprint density at radius 3 is 2.92 bits per heavy atom. The minimum atomic E-state index is -0.279. The van der Waals surface area contributed by atoms with E-state index in [1.165, 1.54) is 17.4 Å². The Labute approximate surface area is 84.2 Å². The van der Waals surface area contributed by atoms with Crippen molar-refractivity contribution in [3.8, 4) is 0 Å². The summed E-state index contributed by atoms with van der Waals surface area (Å²) in [4.78, 5) is 0.632. The molecule has 0 spiro atoms. The molecule has 0 aliphatic heterocycles. The van der Waals surface area contributed by atoms with E-state index < -0.39 is 0 Å². The first-order valence-electron chi connectivity index (χ1n) is 3.72. The van der Waals surface area contributed by atoms with Crippen LogP contribution in [0.1, 0.15) is 5.56 Å². The van der Waals surface area contributed by atoms with Crippen LogP contribution in [-0.2, 0) is 6.61 Å². The molecule has 68 valence electrons. The number of thiol groups is 1. The van der Waals surface area contributed by atoms with E-state index in [0.29, 0.717) is 10.3 Å². The van der Waals surface area contributed by atoms with E-state index in [-0.39, 0.29) is 12.4 Å². The fraction of sp³-hybridized carbons (Fsp3) is 0.111. The summed E-state index contributed by atoms with van der Waals surface area (Å²) in [6.07, 6.45) is 0. The van der Waals surface area contributed by atoms with E-state index in [4.69, 9.17) is 5.11 Å². The van der Waals surface area contributed by atoms with Crippen molar-refractivity contribution in [2.24, 2.45) is 0 Å². The van der Waals surface area contributed by atoms with Crippen LogP contribution in [0.4, 0.5) is 4.39 Å². The fourth-order valence-electron chi connectivity index (χ4n) is 1.27. The smallest absolute Gasteiger partial charge is 0.133 e. The number of hydrogen-bond donors (Lipinski definition) is 2. The van der Waals surface area contributed by atoms with Gasteiger partial charge >= 0.3 is 0 Å². The lowest BCUT2D eigenvalue weighted by Crippen LogP contribution is -1.85. The van der Waals surface area contributed by atoms with Crippen molar-refractivity contribution in [2.75, 3.05) is 0 Å². The molecule has 1 heterocycles. The monoisotopic (exact) mass is 214 g/mol. The number of halogens is 1. The number of fused-ring (bicyclic) bond motifs is 1. The van der Waals surface area contributed by atoms with Crippen molar-refractivity contribution in [1.82, 2.24) is 0 Å². The molecule has 0 radical (unpaired) electrons. The summed E-state index contributed by atoms with van der Waals surface area (Å²) in [6, 6.07) is 2.96. The highest BCUT2D eigenvalue weighted by Crippen LogP contribution is 2.33. The normalized spacial score (nSPS) is 11.0. The molecule has 0 aliphatic rings. The molecule has 0 amide bonds. The van der Waals surface area contributed by atoms with E-state index in [9.17, 15) is 4.39 Å². The van der Waals surface area contributed by atoms with Crippen LogP contribution in [0.2, 0.25) is 0 Å². The molecule has 0 aliphatic carbocycles. The van der Waals surface area contributed by atoms with Crippen LogP contribution in [0, 0.1) is 5.82 Å². The lowest BCUT2D eigenvalue weighted by Gasteiger charge is -1.99. The first-order valence-corrected chi connectivity index (χ1v) is 5.05. The van der Waals surface area contributed by atoms with E-state index in [2.05, 4.69) is 12.6 Å². The van der Waals surface area contributed by atoms with Crippen molar-refractivity contribution >= 4 is 34.1 Å². The molecule has 2 rings (SSSR count). The van der Waals surface area contributed by atoms with Crippen LogP contribution in [0.25, 0.3) is 10.1 Å². The summed E-state index contributed by atoms with van der Waals surface area (Å²) in [6.45, 7) is -0.0650. The molecule has 2 aromatic rings. The first-order chi connectivity index (χ1) is 6.24. The molecule has 1 aromatic heterocycles. The first kappa shape index (κ1) is 8.99. The van der Waals surface area contributed by atoms with Gasteiger partial charge in [0.2, 0.25) is 0 Å². The third-order valence-corrected chi connectivity index (χ3v) is 3.49. The SMILES string of the molecule is OCc1ccc(F)c2c(S)csc12. The summed E-state index contributed by atoms with van der Waals surface area (Å²) in [5, 5.41) is 11.3. The lowest BCUT2D eigenvalue weighted by atomic mass is 10.2. The molecule has 0 saturated heterocycles. The van der Waals surface area contributed by atoms with E-state index in [1.807, 2.05) is 0 Å². The molecule has 0 unspecified atom stereocenters. The molecule has 0 atom stereocenters. The van der Waals surface area contributed by atoms with Gasteiger partial charge in [-0.05, 0) is 11.6 Å². The van der Waals surface area contributed by atoms with Crippen LogP contribution in [0.3, 0.4) is 0 Å². The Hall–Kier alpha value is -0.580. The largest absolute Gasteiger partial charge is 0.392 e. The average Bonchev–Trinajstić information content (AvgIpc) is 2.50. The third-order valence-electron chi connectivity index (χ3n) is 1.90. The second kappa shape index (κ2) is 3.29. The Bertz CT molecular complexity index is 450. The van der Waals surface area contributed by atoms with Gasteiger partial charge in [0, 0.05) is 20.4 Å². The topological polar surface area (TPSA) is 20.2 Å². The molecular weight excluding hydrogens is 207 g/mol. The molecule has 1 aromatic carbocycles. The highest BCUT2D eigenvalue weighted by atomic mass is 32.1. The minimum Gasteiger partial charge on any atom is -0.392 e. The highest BCUT2D eigenvalue weighted by Gasteiger charge is 2.09. The predicted molar refractivity (Wildman–Crippen MR) is 55.0 cm³/mol. The second-order valence-electron chi connectivity index (χ2n) is 2.69. The van der Waals surface area contributed by atoms with E-state index in [1.54, 1.807) is 11.4 Å². The number of thiophene rings is 1. The summed E-state index contributed by atoms with van der Waals surface area (Å²) >= 11 is 5.55. The van der Waals surface area contributed by atoms with Gasteiger partial charge < -0.3 is 5.11 Å². The fourth-order valence-corrected chi connectivity index (χ4v) is 2.68. The van der Waals surface area contributed by atoms with Gasteiger partial charge in [-0.1, -0.05) is 6.07 Å². The minimum absolute atomic E-state index is 0.0650. The van der Waals surface area contributed by atoms with Gasteiger partial charge in [-0.2, -0.15) is 0 Å². The number of hydrogen-bond acceptors (Lipinski definition) is 3. The van der Waals surface area contributed by atoms with Crippen LogP contribution < -0.4 is 0 Å². The van der Waals surface area contributed by atoms with E-state index in [0.717, 1.165) is 10.3 Å². The Morgan fingerprint density at radius 1 is 1.46 bits per heavy atom. The lowest BCUT2D eigenvalue weighted by molar-refractivity contribution is 0.283. The molecule has 0 fully saturated rings. The zero-order chi connectivity index (χ0) is 9.42. The summed E-state index contributed by atoms with van der Waals surface area (Å²) in [5.74, 6) is -0.279. The molecule has 1 N–H and O–H groups in total. The number of benzene rings is 1. The van der Waals surface area contributed by atoms with E-state index >= 15 is 0 Å². The molecular formula is C9H7FOS2. The maximum atomic E-state index is 13.3. The van der Waals surface area contributed by atoms with Crippen LogP contribution in [0.15, 0.2) is 22.4 Å². The molecule has 13 heavy (non-hydrogen) atoms. The summed E-state index contributed by atoms with van der Waals surface area (Å²) < 4.78 is 14.1. The van der Waals surface area contributed by atoms with Gasteiger partial charge in [-0.15, -0.1) is 24.0 Å². The summed E-state index contributed by atoms with van der Waals surface area (Å²) in [7, 11) is 0. The maximum Gasteiger partial charge on any atom is 0.133 e. The second-order valence-corrected chi connectivity index (χ2v) is 4.05. The zero-order valence-electron chi connectivity index (χ0n) is 6.62. The van der Waals surface area contributed by atoms with Crippen molar-refractivity contribution < 1.29 is 9.50 Å². The Balaban J connectivity index is 2.87. The van der Waals surface area contributed by atoms with Gasteiger partial charge in [0.25, 0.3) is 0 Å². The van der Waals surface area contributed by atoms with Crippen LogP contribution >= 0.6 is 24.0 Å². The molecule has 0 bridgehead atoms. The van der Waals surface area contributed by atoms with Gasteiger partial charge in [0.15, 0.2) is 0 Å². The van der Waals surface area contributed by atoms with Crippen molar-refractivity contribution in [3.05, 3.63) is 28.9 Å². The highest BCUT2D eigenvalue weighted by molar-refractivity contribution is 7.80. The van der Waals surface area contributed by atoms with Crippen molar-refractivity contribution in [3.63, 3.8) is 0 Å². The molecule has 0 saturated carbocycles. The van der Waals surface area contributed by atoms with Crippen molar-refractivity contribution in [1.29, 1.82) is 0 Å². The molecule has 1 nitrogen and oxygen atoms in total. The van der Waals surface area contributed by atoms with Crippen LogP contribution in [0.5, 0.6) is 0 Å². The maximum absolute atomic E-state index is 13.3. The van der Waals surface area contributed by atoms with Gasteiger partial charge in [-0.25, -0.2) is 4.39 Å². The van der Waals surface area contributed by atoms with Crippen LogP contribution in [-0.4, -0.2) is 5.11 Å². The average molecular weight is 214 g/mol. The quantitative estimate of drug-likeness (QED) is 0.699. The molecule has 4 heteroatoms. The number of aliphatic hydroxyl groups excluding tert-OH is 1. The van der Waals surface area contributed by atoms with Gasteiger partial charge in [0.1, 0.15) is 5.82 Å². The van der Waals surface area contributed by atoms with Crippen molar-refractivity contribution in [2.45, 2.75) is 11.5 Å². The number of rotatable bonds is 1. The predicted octanol–water partition coefficient (Wildman–Crippen LogP) is 2.82. The third kappa shape index (κ3) is 1.35. The zero-order valence-corrected chi connectivity index (χ0v) is 8.33. The summed E-state index contributed by atoms with van der Waals surface area (Å²) in [5.41, 5.74) is 0.752.